The summed E-state index contributed by atoms with van der Waals surface area (Å²) in [6.07, 6.45) is 0.998. The van der Waals surface area contributed by atoms with Gasteiger partial charge in [0.05, 0.1) is 5.69 Å². The molecule has 5 nitrogen and oxygen atoms in total. The van der Waals surface area contributed by atoms with Gasteiger partial charge in [-0.2, -0.15) is 0 Å². The molecule has 1 heterocycles. The number of fused-ring (bicyclic) bond motifs is 1. The van der Waals surface area contributed by atoms with Crippen molar-refractivity contribution in [1.82, 2.24) is 5.32 Å². The molecule has 3 rings (SSSR count). The predicted octanol–water partition coefficient (Wildman–Crippen LogP) is 2.82. The third-order valence-corrected chi connectivity index (χ3v) is 4.18. The van der Waals surface area contributed by atoms with Gasteiger partial charge in [-0.1, -0.05) is 36.4 Å². The highest BCUT2D eigenvalue weighted by molar-refractivity contribution is 5.98. The van der Waals surface area contributed by atoms with Gasteiger partial charge in [-0.3, -0.25) is 9.59 Å². The Labute approximate surface area is 147 Å². The van der Waals surface area contributed by atoms with Crippen LogP contribution in [0.2, 0.25) is 0 Å². The van der Waals surface area contributed by atoms with E-state index in [0.29, 0.717) is 25.9 Å². The lowest BCUT2D eigenvalue weighted by molar-refractivity contribution is -0.123. The Hall–Kier alpha value is -2.82. The molecular weight excluding hydrogens is 316 g/mol. The molecule has 2 amide bonds. The summed E-state index contributed by atoms with van der Waals surface area (Å²) >= 11 is 0. The Morgan fingerprint density at radius 1 is 1.20 bits per heavy atom. The van der Waals surface area contributed by atoms with Gasteiger partial charge in [-0.05, 0) is 36.6 Å². The molecule has 0 spiro atoms. The molecular formula is C20H22N2O3. The van der Waals surface area contributed by atoms with E-state index in [1.54, 1.807) is 4.90 Å². The topological polar surface area (TPSA) is 58.6 Å². The van der Waals surface area contributed by atoms with Crippen LogP contribution in [0.25, 0.3) is 0 Å². The number of rotatable bonds is 6. The van der Waals surface area contributed by atoms with E-state index in [2.05, 4.69) is 5.32 Å². The minimum absolute atomic E-state index is 0.00553. The summed E-state index contributed by atoms with van der Waals surface area (Å²) in [7, 11) is 0. The van der Waals surface area contributed by atoms with E-state index in [4.69, 9.17) is 4.74 Å². The molecule has 2 aromatic rings. The number of nitrogens with one attached hydrogen (secondary N) is 1. The molecule has 1 aliphatic rings. The fourth-order valence-electron chi connectivity index (χ4n) is 2.84. The van der Waals surface area contributed by atoms with E-state index in [-0.39, 0.29) is 18.4 Å². The lowest BCUT2D eigenvalue weighted by atomic mass is 10.1. The zero-order chi connectivity index (χ0) is 17.6. The molecule has 0 aromatic heterocycles. The van der Waals surface area contributed by atoms with Crippen molar-refractivity contribution in [3.05, 3.63) is 59.7 Å². The standard InChI is InChI=1S/C20H22N2O3/c1-15-9-10-18-17(12-15)22(20(24)14-25-18)11-5-8-19(23)21-13-16-6-3-2-4-7-16/h2-4,6-7,9-10,12H,5,8,11,13-14H2,1H3,(H,21,23). The zero-order valence-electron chi connectivity index (χ0n) is 14.3. The monoisotopic (exact) mass is 338 g/mol. The molecule has 0 unspecified atom stereocenters. The lowest BCUT2D eigenvalue weighted by Crippen LogP contribution is -2.39. The minimum Gasteiger partial charge on any atom is -0.482 e. The van der Waals surface area contributed by atoms with E-state index in [1.807, 2.05) is 55.5 Å². The molecule has 130 valence electrons. The molecule has 25 heavy (non-hydrogen) atoms. The van der Waals surface area contributed by atoms with Gasteiger partial charge in [0.25, 0.3) is 5.91 Å². The first kappa shape index (κ1) is 17.0. The van der Waals surface area contributed by atoms with Crippen molar-refractivity contribution in [3.8, 4) is 5.75 Å². The predicted molar refractivity (Wildman–Crippen MR) is 96.5 cm³/mol. The highest BCUT2D eigenvalue weighted by Gasteiger charge is 2.25. The number of ether oxygens (including phenoxy) is 1. The number of carbonyl (C=O) groups excluding carboxylic acids is 2. The van der Waals surface area contributed by atoms with Crippen LogP contribution in [0.1, 0.15) is 24.0 Å². The smallest absolute Gasteiger partial charge is 0.265 e. The van der Waals surface area contributed by atoms with Gasteiger partial charge in [-0.15, -0.1) is 0 Å². The average molecular weight is 338 g/mol. The highest BCUT2D eigenvalue weighted by Crippen LogP contribution is 2.32. The molecule has 0 atom stereocenters. The molecule has 0 bridgehead atoms. The summed E-state index contributed by atoms with van der Waals surface area (Å²) in [6, 6.07) is 15.6. The van der Waals surface area contributed by atoms with Crippen molar-refractivity contribution in [2.45, 2.75) is 26.3 Å². The molecule has 0 aliphatic carbocycles. The Kier molecular flexibility index (Phi) is 5.33. The van der Waals surface area contributed by atoms with E-state index in [9.17, 15) is 9.59 Å². The van der Waals surface area contributed by atoms with E-state index in [0.717, 1.165) is 22.6 Å². The largest absolute Gasteiger partial charge is 0.482 e. The molecule has 1 N–H and O–H groups in total. The fourth-order valence-corrected chi connectivity index (χ4v) is 2.84. The van der Waals surface area contributed by atoms with Gasteiger partial charge in [0.2, 0.25) is 5.91 Å². The van der Waals surface area contributed by atoms with E-state index < -0.39 is 0 Å². The number of nitrogens with zero attached hydrogens (tertiary/aromatic N) is 1. The van der Waals surface area contributed by atoms with Crippen LogP contribution in [0.3, 0.4) is 0 Å². The van der Waals surface area contributed by atoms with Gasteiger partial charge >= 0.3 is 0 Å². The third-order valence-electron chi connectivity index (χ3n) is 4.18. The summed E-state index contributed by atoms with van der Waals surface area (Å²) in [5.41, 5.74) is 2.94. The maximum atomic E-state index is 12.2. The van der Waals surface area contributed by atoms with Crippen molar-refractivity contribution >= 4 is 17.5 Å². The van der Waals surface area contributed by atoms with Gasteiger partial charge in [-0.25, -0.2) is 0 Å². The van der Waals surface area contributed by atoms with E-state index >= 15 is 0 Å². The molecule has 2 aromatic carbocycles. The molecule has 1 aliphatic heterocycles. The zero-order valence-corrected chi connectivity index (χ0v) is 14.3. The van der Waals surface area contributed by atoms with Crippen LogP contribution in [0, 0.1) is 6.92 Å². The number of carbonyl (C=O) groups is 2. The maximum absolute atomic E-state index is 12.2. The van der Waals surface area contributed by atoms with E-state index in [1.165, 1.54) is 0 Å². The van der Waals surface area contributed by atoms with Crippen LogP contribution in [0.5, 0.6) is 5.75 Å². The van der Waals surface area contributed by atoms with Crippen LogP contribution in [0.4, 0.5) is 5.69 Å². The number of aryl methyl sites for hydroxylation is 1. The lowest BCUT2D eigenvalue weighted by Gasteiger charge is -2.29. The number of hydrogen-bond acceptors (Lipinski definition) is 3. The summed E-state index contributed by atoms with van der Waals surface area (Å²) in [6.45, 7) is 3.07. The van der Waals surface area contributed by atoms with Gasteiger partial charge in [0.15, 0.2) is 6.61 Å². The number of anilines is 1. The molecule has 0 saturated carbocycles. The summed E-state index contributed by atoms with van der Waals surface area (Å²) in [4.78, 5) is 25.9. The van der Waals surface area contributed by atoms with Crippen LogP contribution < -0.4 is 15.0 Å². The second kappa shape index (κ2) is 7.83. The van der Waals surface area contributed by atoms with Gasteiger partial charge in [0, 0.05) is 19.5 Å². The van der Waals surface area contributed by atoms with Gasteiger partial charge < -0.3 is 15.0 Å². The fraction of sp³-hybridized carbons (Fsp3) is 0.300. The first-order valence-electron chi connectivity index (χ1n) is 8.48. The number of amides is 2. The highest BCUT2D eigenvalue weighted by atomic mass is 16.5. The first-order valence-corrected chi connectivity index (χ1v) is 8.48. The second-order valence-electron chi connectivity index (χ2n) is 6.17. The van der Waals surface area contributed by atoms with Crippen molar-refractivity contribution in [3.63, 3.8) is 0 Å². The van der Waals surface area contributed by atoms with Crippen LogP contribution in [-0.4, -0.2) is 25.0 Å². The Balaban J connectivity index is 1.51. The summed E-state index contributed by atoms with van der Waals surface area (Å²) < 4.78 is 5.47. The van der Waals surface area contributed by atoms with Crippen molar-refractivity contribution in [2.75, 3.05) is 18.1 Å². The first-order chi connectivity index (χ1) is 12.1. The number of hydrogen-bond donors (Lipinski definition) is 1. The molecule has 0 fully saturated rings. The van der Waals surface area contributed by atoms with Crippen LogP contribution in [0.15, 0.2) is 48.5 Å². The van der Waals surface area contributed by atoms with Crippen molar-refractivity contribution in [1.29, 1.82) is 0 Å². The average Bonchev–Trinajstić information content (AvgIpc) is 2.63. The maximum Gasteiger partial charge on any atom is 0.265 e. The molecule has 0 radical (unpaired) electrons. The minimum atomic E-state index is -0.0669. The Morgan fingerprint density at radius 2 is 2.00 bits per heavy atom. The Morgan fingerprint density at radius 3 is 2.80 bits per heavy atom. The summed E-state index contributed by atoms with van der Waals surface area (Å²) in [5, 5.41) is 2.91. The van der Waals surface area contributed by atoms with Crippen LogP contribution in [-0.2, 0) is 16.1 Å². The number of benzene rings is 2. The normalized spacial score (nSPS) is 13.2. The van der Waals surface area contributed by atoms with Crippen molar-refractivity contribution < 1.29 is 14.3 Å². The SMILES string of the molecule is Cc1ccc2c(c1)N(CCCC(=O)NCc1ccccc1)C(=O)CO2. The van der Waals surface area contributed by atoms with Gasteiger partial charge in [0.1, 0.15) is 5.75 Å². The van der Waals surface area contributed by atoms with Crippen LogP contribution >= 0.6 is 0 Å². The molecule has 0 saturated heterocycles. The summed E-state index contributed by atoms with van der Waals surface area (Å²) in [5.74, 6) is 0.649. The second-order valence-corrected chi connectivity index (χ2v) is 6.17. The third kappa shape index (κ3) is 4.38. The van der Waals surface area contributed by atoms with Crippen molar-refractivity contribution in [2.24, 2.45) is 0 Å². The quantitative estimate of drug-likeness (QED) is 0.881. The molecule has 5 heteroatoms. The Bertz CT molecular complexity index is 759.